The minimum absolute atomic E-state index is 0.825. The van der Waals surface area contributed by atoms with Crippen LogP contribution in [0.25, 0.3) is 0 Å². The predicted molar refractivity (Wildman–Crippen MR) is 78.7 cm³/mol. The van der Waals surface area contributed by atoms with Crippen molar-refractivity contribution in [2.24, 2.45) is 0 Å². The SMILES string of the molecule is COc1ccccc1NCc1ccc(C2CC2)cc1. The van der Waals surface area contributed by atoms with Crippen molar-refractivity contribution < 1.29 is 4.74 Å². The molecule has 1 saturated carbocycles. The van der Waals surface area contributed by atoms with E-state index in [0.717, 1.165) is 23.9 Å². The molecule has 2 aromatic carbocycles. The van der Waals surface area contributed by atoms with E-state index in [1.807, 2.05) is 24.3 Å². The van der Waals surface area contributed by atoms with Gasteiger partial charge in [-0.15, -0.1) is 0 Å². The number of ether oxygens (including phenoxy) is 1. The highest BCUT2D eigenvalue weighted by Crippen LogP contribution is 2.39. The van der Waals surface area contributed by atoms with Gasteiger partial charge in [0.05, 0.1) is 12.8 Å². The quantitative estimate of drug-likeness (QED) is 0.863. The van der Waals surface area contributed by atoms with E-state index in [4.69, 9.17) is 4.74 Å². The summed E-state index contributed by atoms with van der Waals surface area (Å²) in [4.78, 5) is 0. The maximum atomic E-state index is 5.33. The van der Waals surface area contributed by atoms with Gasteiger partial charge in [0.15, 0.2) is 0 Å². The molecule has 0 amide bonds. The molecule has 2 nitrogen and oxygen atoms in total. The molecule has 0 heterocycles. The van der Waals surface area contributed by atoms with Gasteiger partial charge in [0, 0.05) is 6.54 Å². The highest BCUT2D eigenvalue weighted by Gasteiger charge is 2.22. The minimum atomic E-state index is 0.825. The van der Waals surface area contributed by atoms with Gasteiger partial charge in [0.2, 0.25) is 0 Å². The molecule has 0 saturated heterocycles. The van der Waals surface area contributed by atoms with Crippen LogP contribution >= 0.6 is 0 Å². The summed E-state index contributed by atoms with van der Waals surface area (Å²) in [5.74, 6) is 1.72. The summed E-state index contributed by atoms with van der Waals surface area (Å²) < 4.78 is 5.33. The van der Waals surface area contributed by atoms with E-state index in [0.29, 0.717) is 0 Å². The third-order valence-corrected chi connectivity index (χ3v) is 3.62. The predicted octanol–water partition coefficient (Wildman–Crippen LogP) is 4.18. The first-order chi connectivity index (χ1) is 9.36. The van der Waals surface area contributed by atoms with E-state index in [1.54, 1.807) is 7.11 Å². The smallest absolute Gasteiger partial charge is 0.141 e. The highest BCUT2D eigenvalue weighted by molar-refractivity contribution is 5.56. The molecule has 1 N–H and O–H groups in total. The number of para-hydroxylation sites is 2. The fourth-order valence-electron chi connectivity index (χ4n) is 2.31. The molecule has 0 radical (unpaired) electrons. The average molecular weight is 253 g/mol. The Balaban J connectivity index is 1.64. The molecule has 1 aliphatic carbocycles. The van der Waals surface area contributed by atoms with Crippen LogP contribution in [0.15, 0.2) is 48.5 Å². The summed E-state index contributed by atoms with van der Waals surface area (Å²) in [6, 6.07) is 17.0. The molecule has 3 rings (SSSR count). The first-order valence-corrected chi connectivity index (χ1v) is 6.82. The highest BCUT2D eigenvalue weighted by atomic mass is 16.5. The first kappa shape index (κ1) is 12.1. The lowest BCUT2D eigenvalue weighted by molar-refractivity contribution is 0.416. The first-order valence-electron chi connectivity index (χ1n) is 6.82. The second-order valence-corrected chi connectivity index (χ2v) is 5.07. The van der Waals surface area contributed by atoms with Gasteiger partial charge >= 0.3 is 0 Å². The zero-order valence-electron chi connectivity index (χ0n) is 11.2. The topological polar surface area (TPSA) is 21.3 Å². The summed E-state index contributed by atoms with van der Waals surface area (Å²) >= 11 is 0. The zero-order valence-corrected chi connectivity index (χ0v) is 11.2. The fraction of sp³-hybridized carbons (Fsp3) is 0.294. The van der Waals surface area contributed by atoms with Crippen molar-refractivity contribution in [1.82, 2.24) is 0 Å². The normalized spacial score (nSPS) is 14.2. The number of hydrogen-bond acceptors (Lipinski definition) is 2. The summed E-state index contributed by atoms with van der Waals surface area (Å²) in [6.07, 6.45) is 2.72. The lowest BCUT2D eigenvalue weighted by Crippen LogP contribution is -2.01. The molecule has 0 aliphatic heterocycles. The molecule has 0 aromatic heterocycles. The molecule has 0 unspecified atom stereocenters. The molecular formula is C17H19NO. The largest absolute Gasteiger partial charge is 0.495 e. The van der Waals surface area contributed by atoms with Crippen molar-refractivity contribution in [1.29, 1.82) is 0 Å². The summed E-state index contributed by atoms with van der Waals surface area (Å²) in [5.41, 5.74) is 3.83. The lowest BCUT2D eigenvalue weighted by atomic mass is 10.1. The van der Waals surface area contributed by atoms with Crippen LogP contribution < -0.4 is 10.1 Å². The second kappa shape index (κ2) is 5.35. The van der Waals surface area contributed by atoms with Crippen molar-refractivity contribution in [2.45, 2.75) is 25.3 Å². The number of hydrogen-bond donors (Lipinski definition) is 1. The molecule has 0 atom stereocenters. The van der Waals surface area contributed by atoms with Crippen molar-refractivity contribution in [3.05, 3.63) is 59.7 Å². The van der Waals surface area contributed by atoms with Crippen LogP contribution in [0, 0.1) is 0 Å². The second-order valence-electron chi connectivity index (χ2n) is 5.07. The Bertz CT molecular complexity index is 543. The van der Waals surface area contributed by atoms with E-state index in [1.165, 1.54) is 24.0 Å². The Morgan fingerprint density at radius 3 is 2.47 bits per heavy atom. The average Bonchev–Trinajstić information content (AvgIpc) is 3.30. The monoisotopic (exact) mass is 253 g/mol. The van der Waals surface area contributed by atoms with E-state index in [2.05, 4.69) is 29.6 Å². The molecule has 2 aromatic rings. The zero-order chi connectivity index (χ0) is 13.1. The lowest BCUT2D eigenvalue weighted by Gasteiger charge is -2.11. The van der Waals surface area contributed by atoms with Gasteiger partial charge in [0.1, 0.15) is 5.75 Å². The van der Waals surface area contributed by atoms with Crippen LogP contribution in [0.3, 0.4) is 0 Å². The minimum Gasteiger partial charge on any atom is -0.495 e. The summed E-state index contributed by atoms with van der Waals surface area (Å²) in [6.45, 7) is 0.825. The van der Waals surface area contributed by atoms with Crippen LogP contribution in [0.5, 0.6) is 5.75 Å². The number of rotatable bonds is 5. The van der Waals surface area contributed by atoms with Crippen molar-refractivity contribution in [3.8, 4) is 5.75 Å². The Morgan fingerprint density at radius 1 is 1.05 bits per heavy atom. The number of benzene rings is 2. The van der Waals surface area contributed by atoms with E-state index in [9.17, 15) is 0 Å². The third-order valence-electron chi connectivity index (χ3n) is 3.62. The third kappa shape index (κ3) is 2.90. The van der Waals surface area contributed by atoms with E-state index in [-0.39, 0.29) is 0 Å². The van der Waals surface area contributed by atoms with Gasteiger partial charge in [-0.25, -0.2) is 0 Å². The van der Waals surface area contributed by atoms with Crippen molar-refractivity contribution in [3.63, 3.8) is 0 Å². The Hall–Kier alpha value is -1.96. The maximum absolute atomic E-state index is 5.33. The molecule has 98 valence electrons. The van der Waals surface area contributed by atoms with Crippen molar-refractivity contribution >= 4 is 5.69 Å². The molecule has 2 heteroatoms. The van der Waals surface area contributed by atoms with Gasteiger partial charge in [-0.1, -0.05) is 36.4 Å². The molecule has 0 bridgehead atoms. The standard InChI is InChI=1S/C17H19NO/c1-19-17-5-3-2-4-16(17)18-12-13-6-8-14(9-7-13)15-10-11-15/h2-9,15,18H,10-12H2,1H3. The Kier molecular flexibility index (Phi) is 3.41. The summed E-state index contributed by atoms with van der Waals surface area (Å²) in [7, 11) is 1.70. The van der Waals surface area contributed by atoms with Gasteiger partial charge in [-0.2, -0.15) is 0 Å². The molecular weight excluding hydrogens is 234 g/mol. The van der Waals surface area contributed by atoms with Gasteiger partial charge in [-0.3, -0.25) is 0 Å². The molecule has 1 aliphatic rings. The number of methoxy groups -OCH3 is 1. The van der Waals surface area contributed by atoms with Crippen LogP contribution in [0.2, 0.25) is 0 Å². The van der Waals surface area contributed by atoms with Crippen LogP contribution in [0.1, 0.15) is 29.9 Å². The molecule has 0 spiro atoms. The fourth-order valence-corrected chi connectivity index (χ4v) is 2.31. The van der Waals surface area contributed by atoms with Crippen molar-refractivity contribution in [2.75, 3.05) is 12.4 Å². The Morgan fingerprint density at radius 2 is 1.79 bits per heavy atom. The number of anilines is 1. The molecule has 1 fully saturated rings. The van der Waals surface area contributed by atoms with Crippen LogP contribution in [-0.4, -0.2) is 7.11 Å². The number of nitrogens with one attached hydrogen (secondary N) is 1. The van der Waals surface area contributed by atoms with Crippen LogP contribution in [-0.2, 0) is 6.54 Å². The Labute approximate surface area is 114 Å². The van der Waals surface area contributed by atoms with Gasteiger partial charge in [0.25, 0.3) is 0 Å². The molecule has 19 heavy (non-hydrogen) atoms. The van der Waals surface area contributed by atoms with Gasteiger partial charge in [-0.05, 0) is 42.0 Å². The van der Waals surface area contributed by atoms with Crippen LogP contribution in [0.4, 0.5) is 5.69 Å². The van der Waals surface area contributed by atoms with E-state index < -0.39 is 0 Å². The van der Waals surface area contributed by atoms with E-state index >= 15 is 0 Å². The maximum Gasteiger partial charge on any atom is 0.141 e. The van der Waals surface area contributed by atoms with Gasteiger partial charge < -0.3 is 10.1 Å². The summed E-state index contributed by atoms with van der Waals surface area (Å²) in [5, 5.41) is 3.42.